The van der Waals surface area contributed by atoms with Crippen LogP contribution in [0.2, 0.25) is 0 Å². The van der Waals surface area contributed by atoms with Gasteiger partial charge in [0.25, 0.3) is 5.91 Å². The maximum atomic E-state index is 12.9. The number of hydrogen-bond donors (Lipinski definition) is 2. The highest BCUT2D eigenvalue weighted by Crippen LogP contribution is 2.24. The number of amides is 4. The Morgan fingerprint density at radius 1 is 1.04 bits per heavy atom. The second-order valence-corrected chi connectivity index (χ2v) is 7.94. The summed E-state index contributed by atoms with van der Waals surface area (Å²) in [5.74, 6) is 0.0173. The van der Waals surface area contributed by atoms with Crippen molar-refractivity contribution in [2.75, 3.05) is 18.4 Å². The summed E-state index contributed by atoms with van der Waals surface area (Å²) in [6.45, 7) is 10.7. The summed E-state index contributed by atoms with van der Waals surface area (Å²) in [6, 6.07) is 5.81. The number of nitrogens with zero attached hydrogens (tertiary/aromatic N) is 2. The third-order valence-electron chi connectivity index (χ3n) is 4.48. The molecule has 142 valence electrons. The molecule has 0 aliphatic carbocycles. The molecule has 26 heavy (non-hydrogen) atoms. The smallest absolute Gasteiger partial charge is 0.316 e. The number of rotatable bonds is 2. The zero-order valence-electron chi connectivity index (χ0n) is 16.1. The van der Waals surface area contributed by atoms with Gasteiger partial charge in [-0.2, -0.15) is 0 Å². The van der Waals surface area contributed by atoms with Crippen molar-refractivity contribution in [3.63, 3.8) is 0 Å². The fourth-order valence-corrected chi connectivity index (χ4v) is 3.35. The van der Waals surface area contributed by atoms with Crippen LogP contribution in [0, 0.1) is 5.41 Å². The van der Waals surface area contributed by atoms with E-state index in [1.807, 2.05) is 44.4 Å². The van der Waals surface area contributed by atoms with Gasteiger partial charge in [0.15, 0.2) is 0 Å². The Morgan fingerprint density at radius 3 is 1.96 bits per heavy atom. The molecular formula is C19H28N4O3. The van der Waals surface area contributed by atoms with Gasteiger partial charge in [-0.3, -0.25) is 9.59 Å². The van der Waals surface area contributed by atoms with E-state index in [4.69, 9.17) is 5.73 Å². The normalized spacial score (nSPS) is 20.7. The molecule has 0 bridgehead atoms. The maximum Gasteiger partial charge on any atom is 0.316 e. The van der Waals surface area contributed by atoms with Gasteiger partial charge in [-0.05, 0) is 38.1 Å². The Morgan fingerprint density at radius 2 is 1.54 bits per heavy atom. The molecule has 1 aliphatic heterocycles. The monoisotopic (exact) mass is 360 g/mol. The van der Waals surface area contributed by atoms with Gasteiger partial charge in [0, 0.05) is 41.8 Å². The molecule has 4 amide bonds. The minimum absolute atomic E-state index is 0.0824. The van der Waals surface area contributed by atoms with Gasteiger partial charge in [0.2, 0.25) is 5.91 Å². The van der Waals surface area contributed by atoms with Crippen LogP contribution in [0.3, 0.4) is 0 Å². The molecule has 7 heteroatoms. The number of nitrogens with two attached hydrogens (primary N) is 1. The average molecular weight is 360 g/mol. The fourth-order valence-electron chi connectivity index (χ4n) is 3.35. The standard InChI is InChI=1S/C19H28N4O3/c1-12-10-22(17(25)19(3,4)5)11-13(2)23(12)16(24)14-6-8-15(9-7-14)21-18(20)26/h6-9,12-13H,10-11H2,1-5H3,(H3,20,21,26)/t12-,13+. The number of piperazine rings is 1. The molecule has 1 heterocycles. The summed E-state index contributed by atoms with van der Waals surface area (Å²) in [7, 11) is 0. The van der Waals surface area contributed by atoms with Crippen molar-refractivity contribution in [3.05, 3.63) is 29.8 Å². The van der Waals surface area contributed by atoms with Crippen LogP contribution in [-0.4, -0.2) is 52.8 Å². The summed E-state index contributed by atoms with van der Waals surface area (Å²) >= 11 is 0. The summed E-state index contributed by atoms with van der Waals surface area (Å²) < 4.78 is 0. The first kappa shape index (κ1) is 19.8. The Hall–Kier alpha value is -2.57. The van der Waals surface area contributed by atoms with Crippen LogP contribution >= 0.6 is 0 Å². The number of carbonyl (C=O) groups excluding carboxylic acids is 3. The molecule has 2 rings (SSSR count). The summed E-state index contributed by atoms with van der Waals surface area (Å²) in [5, 5.41) is 2.47. The number of primary amides is 1. The van der Waals surface area contributed by atoms with Crippen LogP contribution in [0.25, 0.3) is 0 Å². The van der Waals surface area contributed by atoms with Gasteiger partial charge >= 0.3 is 6.03 Å². The van der Waals surface area contributed by atoms with Crippen LogP contribution in [0.5, 0.6) is 0 Å². The van der Waals surface area contributed by atoms with Crippen molar-refractivity contribution in [1.82, 2.24) is 9.80 Å². The van der Waals surface area contributed by atoms with E-state index < -0.39 is 11.4 Å². The number of carbonyl (C=O) groups is 3. The summed E-state index contributed by atoms with van der Waals surface area (Å²) in [5.41, 5.74) is 5.72. The van der Waals surface area contributed by atoms with Crippen LogP contribution < -0.4 is 11.1 Å². The SMILES string of the molecule is C[C@@H]1CN(C(=O)C(C)(C)C)C[C@H](C)N1C(=O)c1ccc(NC(N)=O)cc1. The van der Waals surface area contributed by atoms with Gasteiger partial charge in [0.05, 0.1) is 0 Å². The second-order valence-electron chi connectivity index (χ2n) is 7.94. The zero-order chi connectivity index (χ0) is 19.6. The lowest BCUT2D eigenvalue weighted by Crippen LogP contribution is -2.61. The van der Waals surface area contributed by atoms with E-state index in [9.17, 15) is 14.4 Å². The van der Waals surface area contributed by atoms with Crippen molar-refractivity contribution < 1.29 is 14.4 Å². The lowest BCUT2D eigenvalue weighted by molar-refractivity contribution is -0.143. The second kappa shape index (κ2) is 7.35. The number of nitrogens with one attached hydrogen (secondary N) is 1. The van der Waals surface area contributed by atoms with Gasteiger partial charge in [-0.15, -0.1) is 0 Å². The van der Waals surface area contributed by atoms with Gasteiger partial charge in [-0.1, -0.05) is 20.8 Å². The topological polar surface area (TPSA) is 95.7 Å². The van der Waals surface area contributed by atoms with Crippen LogP contribution in [0.15, 0.2) is 24.3 Å². The molecule has 3 N–H and O–H groups in total. The van der Waals surface area contributed by atoms with Crippen molar-refractivity contribution in [2.24, 2.45) is 11.1 Å². The predicted molar refractivity (Wildman–Crippen MR) is 101 cm³/mol. The zero-order valence-corrected chi connectivity index (χ0v) is 16.1. The highest BCUT2D eigenvalue weighted by molar-refractivity contribution is 5.96. The molecule has 0 unspecified atom stereocenters. The van der Waals surface area contributed by atoms with Gasteiger partial charge in [0.1, 0.15) is 0 Å². The molecule has 0 saturated carbocycles. The van der Waals surface area contributed by atoms with Crippen molar-refractivity contribution in [3.8, 4) is 0 Å². The quantitative estimate of drug-likeness (QED) is 0.847. The average Bonchev–Trinajstić information content (AvgIpc) is 2.52. The van der Waals surface area contributed by atoms with Gasteiger partial charge < -0.3 is 20.9 Å². The lowest BCUT2D eigenvalue weighted by Gasteiger charge is -2.46. The summed E-state index contributed by atoms with van der Waals surface area (Å²) in [4.78, 5) is 40.0. The largest absolute Gasteiger partial charge is 0.351 e. The molecule has 1 aliphatic rings. The number of anilines is 1. The highest BCUT2D eigenvalue weighted by Gasteiger charge is 2.38. The van der Waals surface area contributed by atoms with Crippen LogP contribution in [0.1, 0.15) is 45.0 Å². The number of benzene rings is 1. The molecular weight excluding hydrogens is 332 g/mol. The van der Waals surface area contributed by atoms with Crippen LogP contribution in [-0.2, 0) is 4.79 Å². The van der Waals surface area contributed by atoms with E-state index >= 15 is 0 Å². The third-order valence-corrected chi connectivity index (χ3v) is 4.48. The van der Waals surface area contributed by atoms with Crippen molar-refractivity contribution in [2.45, 2.75) is 46.7 Å². The Balaban J connectivity index is 2.12. The van der Waals surface area contributed by atoms with E-state index in [0.29, 0.717) is 24.3 Å². The van der Waals surface area contributed by atoms with Crippen molar-refractivity contribution >= 4 is 23.5 Å². The van der Waals surface area contributed by atoms with Crippen molar-refractivity contribution in [1.29, 1.82) is 0 Å². The molecule has 7 nitrogen and oxygen atoms in total. The Bertz CT molecular complexity index is 682. The minimum Gasteiger partial charge on any atom is -0.351 e. The molecule has 1 saturated heterocycles. The molecule has 1 aromatic carbocycles. The minimum atomic E-state index is -0.647. The van der Waals surface area contributed by atoms with Crippen LogP contribution in [0.4, 0.5) is 10.5 Å². The molecule has 0 spiro atoms. The van der Waals surface area contributed by atoms with E-state index in [2.05, 4.69) is 5.32 Å². The molecule has 1 fully saturated rings. The van der Waals surface area contributed by atoms with E-state index in [1.165, 1.54) is 0 Å². The first-order valence-corrected chi connectivity index (χ1v) is 8.79. The third kappa shape index (κ3) is 4.33. The first-order chi connectivity index (χ1) is 12.0. The van der Waals surface area contributed by atoms with E-state index in [1.54, 1.807) is 24.3 Å². The predicted octanol–water partition coefficient (Wildman–Crippen LogP) is 2.28. The lowest BCUT2D eigenvalue weighted by atomic mass is 9.93. The maximum absolute atomic E-state index is 12.9. The Kier molecular flexibility index (Phi) is 5.59. The number of hydrogen-bond acceptors (Lipinski definition) is 3. The molecule has 0 aromatic heterocycles. The number of urea groups is 1. The molecule has 2 atom stereocenters. The molecule has 0 radical (unpaired) electrons. The fraction of sp³-hybridized carbons (Fsp3) is 0.526. The molecule has 1 aromatic rings. The van der Waals surface area contributed by atoms with E-state index in [-0.39, 0.29) is 23.9 Å². The Labute approximate surface area is 154 Å². The van der Waals surface area contributed by atoms with E-state index in [0.717, 1.165) is 0 Å². The first-order valence-electron chi connectivity index (χ1n) is 8.79. The highest BCUT2D eigenvalue weighted by atomic mass is 16.2. The summed E-state index contributed by atoms with van der Waals surface area (Å²) in [6.07, 6.45) is 0. The van der Waals surface area contributed by atoms with Gasteiger partial charge in [-0.25, -0.2) is 4.79 Å².